The van der Waals surface area contributed by atoms with Crippen molar-refractivity contribution in [3.63, 3.8) is 0 Å². The molecule has 198 valence electrons. The van der Waals surface area contributed by atoms with Gasteiger partial charge in [-0.2, -0.15) is 4.31 Å². The zero-order valence-corrected chi connectivity index (χ0v) is 21.5. The smallest absolute Gasteiger partial charge is 0.462 e. The van der Waals surface area contributed by atoms with E-state index in [4.69, 9.17) is 19.3 Å². The number of carbonyl (C=O) groups excluding carboxylic acids is 2. The van der Waals surface area contributed by atoms with Gasteiger partial charge in [-0.3, -0.25) is 14.1 Å². The maximum atomic E-state index is 12.1. The normalized spacial score (nSPS) is 14.1. The Hall–Kier alpha value is -0.840. The van der Waals surface area contributed by atoms with E-state index in [1.165, 1.54) is 0 Å². The van der Waals surface area contributed by atoms with Gasteiger partial charge in [0.25, 0.3) is 0 Å². The molecular weight excluding hydrogens is 480 g/mol. The molecule has 0 spiro atoms. The predicted molar refractivity (Wildman–Crippen MR) is 122 cm³/mol. The SMILES string of the molecule is CCCCCCCC(=O)OC[C@H](COP(=O)(O)OP(=O)(O)O)OC(=O)CCCCCCC.N. The fourth-order valence-electron chi connectivity index (χ4n) is 2.70. The summed E-state index contributed by atoms with van der Waals surface area (Å²) in [6.45, 7) is 2.98. The van der Waals surface area contributed by atoms with Crippen molar-refractivity contribution in [2.24, 2.45) is 0 Å². The number of carbonyl (C=O) groups is 2. The molecular formula is C19H41NO11P2. The molecule has 0 aliphatic carbocycles. The summed E-state index contributed by atoms with van der Waals surface area (Å²) in [6, 6.07) is 0. The third kappa shape index (κ3) is 22.7. The fourth-order valence-corrected chi connectivity index (χ4v) is 4.32. The lowest BCUT2D eigenvalue weighted by Gasteiger charge is -2.20. The second-order valence-corrected chi connectivity index (χ2v) is 10.3. The Morgan fingerprint density at radius 3 is 1.73 bits per heavy atom. The summed E-state index contributed by atoms with van der Waals surface area (Å²) in [6.07, 6.45) is 8.33. The number of esters is 2. The molecule has 0 rings (SSSR count). The molecule has 0 saturated heterocycles. The number of hydrogen-bond acceptors (Lipinski definition) is 9. The van der Waals surface area contributed by atoms with Gasteiger partial charge in [0.05, 0.1) is 6.61 Å². The van der Waals surface area contributed by atoms with E-state index in [0.29, 0.717) is 12.8 Å². The van der Waals surface area contributed by atoms with E-state index in [1.807, 2.05) is 0 Å². The topological polar surface area (TPSA) is 201 Å². The summed E-state index contributed by atoms with van der Waals surface area (Å²) in [5, 5.41) is 0. The number of hydrogen-bond donors (Lipinski definition) is 4. The van der Waals surface area contributed by atoms with Gasteiger partial charge in [0.1, 0.15) is 6.61 Å². The van der Waals surface area contributed by atoms with E-state index >= 15 is 0 Å². The maximum Gasteiger partial charge on any atom is 0.481 e. The van der Waals surface area contributed by atoms with Gasteiger partial charge in [-0.25, -0.2) is 9.13 Å². The summed E-state index contributed by atoms with van der Waals surface area (Å²) in [4.78, 5) is 50.6. The van der Waals surface area contributed by atoms with Crippen LogP contribution in [-0.4, -0.2) is 45.9 Å². The molecule has 14 heteroatoms. The fraction of sp³-hybridized carbons (Fsp3) is 0.895. The van der Waals surface area contributed by atoms with Crippen molar-refractivity contribution < 1.29 is 51.7 Å². The Labute approximate surface area is 196 Å². The minimum absolute atomic E-state index is 0. The van der Waals surface area contributed by atoms with Crippen LogP contribution in [0.3, 0.4) is 0 Å². The van der Waals surface area contributed by atoms with Gasteiger partial charge in [0, 0.05) is 12.8 Å². The number of ether oxygens (including phenoxy) is 2. The lowest BCUT2D eigenvalue weighted by molar-refractivity contribution is -0.161. The third-order valence-corrected chi connectivity index (χ3v) is 6.48. The largest absolute Gasteiger partial charge is 0.481 e. The zero-order chi connectivity index (χ0) is 24.5. The Morgan fingerprint density at radius 1 is 0.758 bits per heavy atom. The van der Waals surface area contributed by atoms with Gasteiger partial charge in [0.15, 0.2) is 6.10 Å². The van der Waals surface area contributed by atoms with Crippen LogP contribution in [0.4, 0.5) is 0 Å². The number of rotatable bonds is 20. The third-order valence-electron chi connectivity index (χ3n) is 4.33. The highest BCUT2D eigenvalue weighted by molar-refractivity contribution is 7.60. The van der Waals surface area contributed by atoms with Crippen LogP contribution in [-0.2, 0) is 37.0 Å². The molecule has 0 amide bonds. The van der Waals surface area contributed by atoms with Crippen molar-refractivity contribution in [3.8, 4) is 0 Å². The van der Waals surface area contributed by atoms with Crippen molar-refractivity contribution in [3.05, 3.63) is 0 Å². The lowest BCUT2D eigenvalue weighted by atomic mass is 10.1. The van der Waals surface area contributed by atoms with Crippen molar-refractivity contribution in [2.45, 2.75) is 97.0 Å². The van der Waals surface area contributed by atoms with Crippen LogP contribution in [0.1, 0.15) is 90.9 Å². The highest BCUT2D eigenvalue weighted by Crippen LogP contribution is 2.57. The van der Waals surface area contributed by atoms with Gasteiger partial charge in [-0.1, -0.05) is 65.2 Å². The molecule has 0 aliphatic heterocycles. The monoisotopic (exact) mass is 521 g/mol. The summed E-state index contributed by atoms with van der Waals surface area (Å²) in [5.74, 6) is -1.12. The average molecular weight is 521 g/mol. The molecule has 2 atom stereocenters. The summed E-state index contributed by atoms with van der Waals surface area (Å²) < 4.78 is 40.8. The molecule has 0 bridgehead atoms. The lowest BCUT2D eigenvalue weighted by Crippen LogP contribution is -2.29. The highest BCUT2D eigenvalue weighted by atomic mass is 31.3. The molecule has 12 nitrogen and oxygen atoms in total. The van der Waals surface area contributed by atoms with Gasteiger partial charge in [-0.15, -0.1) is 0 Å². The van der Waals surface area contributed by atoms with E-state index in [0.717, 1.165) is 51.4 Å². The Kier molecular flexibility index (Phi) is 20.2. The van der Waals surface area contributed by atoms with Gasteiger partial charge < -0.3 is 30.3 Å². The Bertz CT molecular complexity index is 627. The number of unbranched alkanes of at least 4 members (excludes halogenated alkanes) is 8. The van der Waals surface area contributed by atoms with Crippen LogP contribution in [0.5, 0.6) is 0 Å². The first-order valence-corrected chi connectivity index (χ1v) is 14.1. The molecule has 0 fully saturated rings. The number of phosphoric ester groups is 1. The first-order chi connectivity index (χ1) is 15.0. The van der Waals surface area contributed by atoms with E-state index in [9.17, 15) is 23.6 Å². The molecule has 0 aliphatic rings. The van der Waals surface area contributed by atoms with Crippen LogP contribution >= 0.6 is 15.6 Å². The Balaban J connectivity index is 0. The first-order valence-electron chi connectivity index (χ1n) is 11.1. The molecule has 0 aromatic carbocycles. The minimum atomic E-state index is -5.28. The predicted octanol–water partition coefficient (Wildman–Crippen LogP) is 4.55. The standard InChI is InChI=1S/C19H38O11P2.H3N/c1-3-5-7-9-11-13-18(20)27-15-17(16-28-32(25,26)30-31(22,23)24)29-19(21)14-12-10-8-6-4-2;/h17H,3-16H2,1-2H3,(H,25,26)(H2,22,23,24);1H3/t17-;/m1./s1. The molecule has 0 aromatic rings. The quantitative estimate of drug-likeness (QED) is 0.0990. The molecule has 1 unspecified atom stereocenters. The van der Waals surface area contributed by atoms with E-state index < -0.39 is 46.9 Å². The summed E-state index contributed by atoms with van der Waals surface area (Å²) in [7, 11) is -10.4. The highest BCUT2D eigenvalue weighted by Gasteiger charge is 2.33. The van der Waals surface area contributed by atoms with Crippen molar-refractivity contribution in [2.75, 3.05) is 13.2 Å². The molecule has 33 heavy (non-hydrogen) atoms. The molecule has 0 radical (unpaired) electrons. The molecule has 6 N–H and O–H groups in total. The van der Waals surface area contributed by atoms with Crippen LogP contribution in [0.25, 0.3) is 0 Å². The molecule has 0 aromatic heterocycles. The van der Waals surface area contributed by atoms with Crippen LogP contribution in [0.15, 0.2) is 0 Å². The van der Waals surface area contributed by atoms with Gasteiger partial charge in [0.2, 0.25) is 0 Å². The van der Waals surface area contributed by atoms with Crippen molar-refractivity contribution >= 4 is 27.6 Å². The van der Waals surface area contributed by atoms with Gasteiger partial charge in [-0.05, 0) is 12.8 Å². The first kappa shape index (κ1) is 34.3. The van der Waals surface area contributed by atoms with Crippen LogP contribution in [0, 0.1) is 0 Å². The zero-order valence-electron chi connectivity index (χ0n) is 19.7. The average Bonchev–Trinajstić information content (AvgIpc) is 2.68. The molecule has 0 heterocycles. The maximum absolute atomic E-state index is 12.1. The van der Waals surface area contributed by atoms with Crippen molar-refractivity contribution in [1.29, 1.82) is 0 Å². The van der Waals surface area contributed by atoms with E-state index in [2.05, 4.69) is 22.7 Å². The van der Waals surface area contributed by atoms with Gasteiger partial charge >= 0.3 is 27.6 Å². The van der Waals surface area contributed by atoms with Crippen LogP contribution in [0.2, 0.25) is 0 Å². The summed E-state index contributed by atoms with van der Waals surface area (Å²) in [5.41, 5.74) is 0. The van der Waals surface area contributed by atoms with E-state index in [1.54, 1.807) is 0 Å². The van der Waals surface area contributed by atoms with Crippen molar-refractivity contribution in [1.82, 2.24) is 6.15 Å². The molecule has 0 saturated carbocycles. The summed E-state index contributed by atoms with van der Waals surface area (Å²) >= 11 is 0. The minimum Gasteiger partial charge on any atom is -0.462 e. The second-order valence-electron chi connectivity index (χ2n) is 7.46. The Morgan fingerprint density at radius 2 is 1.24 bits per heavy atom. The van der Waals surface area contributed by atoms with Crippen LogP contribution < -0.4 is 6.15 Å². The number of phosphoric acid groups is 2. The second kappa shape index (κ2) is 19.5. The van der Waals surface area contributed by atoms with E-state index in [-0.39, 0.29) is 19.0 Å².